The van der Waals surface area contributed by atoms with E-state index >= 15 is 0 Å². The van der Waals surface area contributed by atoms with Crippen LogP contribution < -0.4 is 4.74 Å². The van der Waals surface area contributed by atoms with Crippen molar-refractivity contribution < 1.29 is 9.47 Å². The maximum atomic E-state index is 5.77. The van der Waals surface area contributed by atoms with Crippen LogP contribution in [0.3, 0.4) is 0 Å². The van der Waals surface area contributed by atoms with Gasteiger partial charge in [0.15, 0.2) is 0 Å². The molecule has 0 aromatic carbocycles. The van der Waals surface area contributed by atoms with E-state index in [0.29, 0.717) is 18.6 Å². The quantitative estimate of drug-likeness (QED) is 0.768. The average molecular weight is 278 g/mol. The monoisotopic (exact) mass is 278 g/mol. The third-order valence-electron chi connectivity index (χ3n) is 3.65. The molecule has 1 fully saturated rings. The number of rotatable bonds is 7. The summed E-state index contributed by atoms with van der Waals surface area (Å²) < 4.78 is 11.1. The number of hydrogen-bond donors (Lipinski definition) is 0. The summed E-state index contributed by atoms with van der Waals surface area (Å²) in [5.41, 5.74) is 1.22. The maximum absolute atomic E-state index is 5.77. The van der Waals surface area contributed by atoms with E-state index in [4.69, 9.17) is 9.47 Å². The second-order valence-electron chi connectivity index (χ2n) is 5.45. The molecule has 0 bridgehead atoms. The average Bonchev–Trinajstić information content (AvgIpc) is 2.49. The zero-order valence-corrected chi connectivity index (χ0v) is 12.7. The van der Waals surface area contributed by atoms with E-state index in [2.05, 4.69) is 23.0 Å². The summed E-state index contributed by atoms with van der Waals surface area (Å²) in [5.74, 6) is 0.703. The van der Waals surface area contributed by atoms with Crippen molar-refractivity contribution in [2.24, 2.45) is 0 Å². The van der Waals surface area contributed by atoms with Crippen LogP contribution in [0, 0.1) is 0 Å². The first-order chi connectivity index (χ1) is 9.78. The minimum atomic E-state index is 0.463. The van der Waals surface area contributed by atoms with E-state index in [9.17, 15) is 0 Å². The summed E-state index contributed by atoms with van der Waals surface area (Å²) in [6.07, 6.45) is 7.25. The number of pyridine rings is 1. The Hall–Kier alpha value is -1.13. The molecule has 1 aromatic rings. The molecular weight excluding hydrogens is 252 g/mol. The molecule has 4 heteroatoms. The molecule has 0 spiro atoms. The van der Waals surface area contributed by atoms with Gasteiger partial charge in [0.1, 0.15) is 0 Å². The van der Waals surface area contributed by atoms with Crippen LogP contribution in [-0.2, 0) is 11.3 Å². The first-order valence-corrected chi connectivity index (χ1v) is 7.66. The summed E-state index contributed by atoms with van der Waals surface area (Å²) >= 11 is 0. The molecule has 0 aliphatic carbocycles. The Morgan fingerprint density at radius 2 is 2.30 bits per heavy atom. The molecule has 1 aromatic heterocycles. The lowest BCUT2D eigenvalue weighted by atomic mass is 10.1. The maximum Gasteiger partial charge on any atom is 0.213 e. The van der Waals surface area contributed by atoms with E-state index in [0.717, 1.165) is 26.1 Å². The van der Waals surface area contributed by atoms with E-state index in [1.54, 1.807) is 0 Å². The van der Waals surface area contributed by atoms with Crippen molar-refractivity contribution >= 4 is 0 Å². The van der Waals surface area contributed by atoms with Gasteiger partial charge in [-0.15, -0.1) is 0 Å². The van der Waals surface area contributed by atoms with E-state index in [1.165, 1.54) is 24.8 Å². The van der Waals surface area contributed by atoms with Gasteiger partial charge in [0.05, 0.1) is 12.7 Å². The molecule has 2 rings (SSSR count). The van der Waals surface area contributed by atoms with Gasteiger partial charge in [0.2, 0.25) is 5.88 Å². The highest BCUT2D eigenvalue weighted by Crippen LogP contribution is 2.16. The van der Waals surface area contributed by atoms with Crippen LogP contribution >= 0.6 is 0 Å². The number of hydrogen-bond acceptors (Lipinski definition) is 4. The topological polar surface area (TPSA) is 34.6 Å². The Balaban J connectivity index is 1.71. The first kappa shape index (κ1) is 15.3. The smallest absolute Gasteiger partial charge is 0.213 e. The van der Waals surface area contributed by atoms with Crippen molar-refractivity contribution in [3.8, 4) is 5.88 Å². The van der Waals surface area contributed by atoms with Crippen molar-refractivity contribution in [2.45, 2.75) is 45.3 Å². The number of aromatic nitrogens is 1. The molecule has 112 valence electrons. The molecule has 1 aliphatic heterocycles. The van der Waals surface area contributed by atoms with Gasteiger partial charge < -0.3 is 14.4 Å². The van der Waals surface area contributed by atoms with Gasteiger partial charge in [0, 0.05) is 32.0 Å². The fourth-order valence-corrected chi connectivity index (χ4v) is 2.53. The van der Waals surface area contributed by atoms with E-state index in [1.807, 2.05) is 19.2 Å². The summed E-state index contributed by atoms with van der Waals surface area (Å²) in [6, 6.07) is 4.03. The molecule has 1 unspecified atom stereocenters. The van der Waals surface area contributed by atoms with Crippen molar-refractivity contribution in [1.82, 2.24) is 9.88 Å². The van der Waals surface area contributed by atoms with Crippen LogP contribution in [0.4, 0.5) is 0 Å². The Morgan fingerprint density at radius 1 is 1.40 bits per heavy atom. The molecular formula is C16H26N2O2. The van der Waals surface area contributed by atoms with Gasteiger partial charge in [0.25, 0.3) is 0 Å². The van der Waals surface area contributed by atoms with Crippen LogP contribution in [0.5, 0.6) is 5.88 Å². The molecule has 1 atom stereocenters. The van der Waals surface area contributed by atoms with Gasteiger partial charge in [-0.2, -0.15) is 0 Å². The summed E-state index contributed by atoms with van der Waals surface area (Å²) in [5, 5.41) is 0. The van der Waals surface area contributed by atoms with Gasteiger partial charge in [-0.25, -0.2) is 4.98 Å². The third kappa shape index (κ3) is 5.10. The predicted octanol–water partition coefficient (Wildman–Crippen LogP) is 2.87. The van der Waals surface area contributed by atoms with Crippen LogP contribution in [0.1, 0.15) is 38.2 Å². The van der Waals surface area contributed by atoms with E-state index in [-0.39, 0.29) is 0 Å². The minimum Gasteiger partial charge on any atom is -0.478 e. The fourth-order valence-electron chi connectivity index (χ4n) is 2.53. The third-order valence-corrected chi connectivity index (χ3v) is 3.65. The fraction of sp³-hybridized carbons (Fsp3) is 0.688. The Kier molecular flexibility index (Phi) is 6.27. The minimum absolute atomic E-state index is 0.463. The molecule has 1 saturated heterocycles. The molecule has 0 N–H and O–H groups in total. The molecule has 0 saturated carbocycles. The molecule has 2 heterocycles. The van der Waals surface area contributed by atoms with Crippen molar-refractivity contribution in [1.29, 1.82) is 0 Å². The van der Waals surface area contributed by atoms with Gasteiger partial charge >= 0.3 is 0 Å². The van der Waals surface area contributed by atoms with Crippen LogP contribution in [-0.4, -0.2) is 42.8 Å². The largest absolute Gasteiger partial charge is 0.478 e. The van der Waals surface area contributed by atoms with Crippen molar-refractivity contribution in [3.05, 3.63) is 23.9 Å². The first-order valence-electron chi connectivity index (χ1n) is 7.66. The van der Waals surface area contributed by atoms with Crippen LogP contribution in [0.15, 0.2) is 18.3 Å². The standard InChI is InChI=1S/C16H26N2O2/c1-3-19-16-8-7-14(12-17-16)13-18(2)10-9-15-6-4-5-11-20-15/h7-8,12,15H,3-6,9-11,13H2,1-2H3. The Bertz CT molecular complexity index is 375. The molecule has 20 heavy (non-hydrogen) atoms. The molecule has 4 nitrogen and oxygen atoms in total. The number of ether oxygens (including phenoxy) is 2. The second-order valence-corrected chi connectivity index (χ2v) is 5.45. The van der Waals surface area contributed by atoms with Crippen molar-refractivity contribution in [3.63, 3.8) is 0 Å². The second kappa shape index (κ2) is 8.22. The molecule has 1 aliphatic rings. The van der Waals surface area contributed by atoms with Crippen LogP contribution in [0.2, 0.25) is 0 Å². The van der Waals surface area contributed by atoms with Gasteiger partial charge in [-0.05, 0) is 45.2 Å². The van der Waals surface area contributed by atoms with E-state index < -0.39 is 0 Å². The highest BCUT2D eigenvalue weighted by Gasteiger charge is 2.14. The molecule has 0 amide bonds. The summed E-state index contributed by atoms with van der Waals surface area (Å²) in [4.78, 5) is 6.63. The highest BCUT2D eigenvalue weighted by atomic mass is 16.5. The zero-order chi connectivity index (χ0) is 14.2. The number of nitrogens with zero attached hydrogens (tertiary/aromatic N) is 2. The highest BCUT2D eigenvalue weighted by molar-refractivity contribution is 5.17. The molecule has 0 radical (unpaired) electrons. The zero-order valence-electron chi connectivity index (χ0n) is 12.7. The lowest BCUT2D eigenvalue weighted by molar-refractivity contribution is 0.00640. The Labute approximate surface area is 122 Å². The summed E-state index contributed by atoms with van der Waals surface area (Å²) in [7, 11) is 2.15. The normalized spacial score (nSPS) is 19.2. The SMILES string of the molecule is CCOc1ccc(CN(C)CCC2CCCCO2)cn1. The summed E-state index contributed by atoms with van der Waals surface area (Å²) in [6.45, 7) is 5.56. The Morgan fingerprint density at radius 3 is 2.95 bits per heavy atom. The lowest BCUT2D eigenvalue weighted by Gasteiger charge is -2.25. The van der Waals surface area contributed by atoms with Crippen LogP contribution in [0.25, 0.3) is 0 Å². The lowest BCUT2D eigenvalue weighted by Crippen LogP contribution is -2.26. The van der Waals surface area contributed by atoms with Gasteiger partial charge in [-0.1, -0.05) is 6.07 Å². The van der Waals surface area contributed by atoms with Gasteiger partial charge in [-0.3, -0.25) is 0 Å². The predicted molar refractivity (Wildman–Crippen MR) is 79.9 cm³/mol. The van der Waals surface area contributed by atoms with Crippen molar-refractivity contribution in [2.75, 3.05) is 26.8 Å².